The Morgan fingerprint density at radius 2 is 1.45 bits per heavy atom. The van der Waals surface area contributed by atoms with Crippen molar-refractivity contribution in [1.82, 2.24) is 14.7 Å². The quantitative estimate of drug-likeness (QED) is 0.777. The molecule has 3 rings (SSSR count). The number of piperidine rings is 1. The van der Waals surface area contributed by atoms with Gasteiger partial charge < -0.3 is 4.90 Å². The third-order valence-electron chi connectivity index (χ3n) is 6.36. The molecule has 2 bridgehead atoms. The van der Waals surface area contributed by atoms with E-state index >= 15 is 0 Å². The van der Waals surface area contributed by atoms with Gasteiger partial charge in [0.1, 0.15) is 0 Å². The van der Waals surface area contributed by atoms with E-state index in [0.717, 1.165) is 17.9 Å². The fourth-order valence-electron chi connectivity index (χ4n) is 5.04. The molecule has 3 unspecified atom stereocenters. The lowest BCUT2D eigenvalue weighted by atomic mass is 9.91. The van der Waals surface area contributed by atoms with Crippen molar-refractivity contribution < 1.29 is 0 Å². The van der Waals surface area contributed by atoms with Crippen molar-refractivity contribution in [2.75, 3.05) is 39.3 Å². The monoisotopic (exact) mass is 307 g/mol. The first kappa shape index (κ1) is 16.7. The minimum absolute atomic E-state index is 0.339. The van der Waals surface area contributed by atoms with E-state index in [1.165, 1.54) is 52.1 Å². The van der Waals surface area contributed by atoms with E-state index in [-0.39, 0.29) is 0 Å². The highest BCUT2D eigenvalue weighted by Gasteiger charge is 2.48. The summed E-state index contributed by atoms with van der Waals surface area (Å²) in [4.78, 5) is 8.16. The topological polar surface area (TPSA) is 9.72 Å². The molecule has 2 saturated heterocycles. The first-order chi connectivity index (χ1) is 10.1. The summed E-state index contributed by atoms with van der Waals surface area (Å²) in [5, 5.41) is 0. The zero-order valence-corrected chi connectivity index (χ0v) is 15.7. The van der Waals surface area contributed by atoms with E-state index in [0.29, 0.717) is 11.1 Å². The first-order valence-electron chi connectivity index (χ1n) is 9.39. The summed E-state index contributed by atoms with van der Waals surface area (Å²) >= 11 is 0. The summed E-state index contributed by atoms with van der Waals surface area (Å²) in [6, 6.07) is 0.867. The number of hydrogen-bond acceptors (Lipinski definition) is 3. The lowest BCUT2D eigenvalue weighted by molar-refractivity contribution is 0.0353. The first-order valence-corrected chi connectivity index (χ1v) is 9.39. The van der Waals surface area contributed by atoms with Crippen LogP contribution in [0.25, 0.3) is 0 Å². The fourth-order valence-corrected chi connectivity index (χ4v) is 5.04. The molecule has 1 aliphatic carbocycles. The van der Waals surface area contributed by atoms with Crippen LogP contribution in [0, 0.1) is 11.8 Å². The van der Waals surface area contributed by atoms with E-state index in [1.807, 2.05) is 0 Å². The fraction of sp³-hybridized carbons (Fsp3) is 1.00. The van der Waals surface area contributed by atoms with Gasteiger partial charge in [0.2, 0.25) is 0 Å². The summed E-state index contributed by atoms with van der Waals surface area (Å²) in [5.41, 5.74) is 0.703. The Bertz CT molecular complexity index is 384. The number of fused-ring (bicyclic) bond motifs is 2. The van der Waals surface area contributed by atoms with Gasteiger partial charge in [-0.1, -0.05) is 0 Å². The molecule has 0 aromatic carbocycles. The Balaban J connectivity index is 1.47. The number of piperazine rings is 1. The zero-order valence-electron chi connectivity index (χ0n) is 15.7. The molecular formula is C19H37N3. The number of likely N-dealkylation sites (tertiary alicyclic amines) is 1. The van der Waals surface area contributed by atoms with Crippen LogP contribution in [0.5, 0.6) is 0 Å². The van der Waals surface area contributed by atoms with Crippen LogP contribution in [0.3, 0.4) is 0 Å². The molecule has 22 heavy (non-hydrogen) atoms. The second-order valence-corrected chi connectivity index (χ2v) is 9.93. The Kier molecular flexibility index (Phi) is 4.37. The molecule has 3 heteroatoms. The molecule has 3 nitrogen and oxygen atoms in total. The van der Waals surface area contributed by atoms with Crippen molar-refractivity contribution in [3.05, 3.63) is 0 Å². The Hall–Kier alpha value is -0.120. The summed E-state index contributed by atoms with van der Waals surface area (Å²) in [5.74, 6) is 1.93. The van der Waals surface area contributed by atoms with Crippen LogP contribution in [0.15, 0.2) is 0 Å². The van der Waals surface area contributed by atoms with Crippen LogP contribution in [0.2, 0.25) is 0 Å². The smallest absolute Gasteiger partial charge is 0.0128 e. The van der Waals surface area contributed by atoms with Crippen molar-refractivity contribution in [2.45, 2.75) is 71.5 Å². The van der Waals surface area contributed by atoms with Gasteiger partial charge in [0.15, 0.2) is 0 Å². The van der Waals surface area contributed by atoms with Gasteiger partial charge in [0.05, 0.1) is 0 Å². The van der Waals surface area contributed by atoms with Crippen LogP contribution in [-0.4, -0.2) is 71.1 Å². The number of hydrogen-bond donors (Lipinski definition) is 0. The van der Waals surface area contributed by atoms with Gasteiger partial charge in [0, 0.05) is 56.4 Å². The van der Waals surface area contributed by atoms with Crippen molar-refractivity contribution >= 4 is 0 Å². The maximum Gasteiger partial charge on any atom is 0.0128 e. The molecule has 0 N–H and O–H groups in total. The molecular weight excluding hydrogens is 270 g/mol. The third kappa shape index (κ3) is 3.37. The van der Waals surface area contributed by atoms with Gasteiger partial charge in [-0.05, 0) is 66.2 Å². The van der Waals surface area contributed by atoms with E-state index in [2.05, 4.69) is 56.2 Å². The van der Waals surface area contributed by atoms with Crippen LogP contribution < -0.4 is 0 Å². The largest absolute Gasteiger partial charge is 0.301 e. The summed E-state index contributed by atoms with van der Waals surface area (Å²) < 4.78 is 0. The molecule has 0 aromatic rings. The van der Waals surface area contributed by atoms with E-state index in [1.54, 1.807) is 0 Å². The maximum atomic E-state index is 2.77. The minimum Gasteiger partial charge on any atom is -0.301 e. The van der Waals surface area contributed by atoms with Gasteiger partial charge in [-0.25, -0.2) is 0 Å². The SMILES string of the molecule is CC(C)(C)N1CCN(CC2CC3CC2CN3C(C)(C)C)CC1. The summed E-state index contributed by atoms with van der Waals surface area (Å²) in [6.07, 6.45) is 2.91. The van der Waals surface area contributed by atoms with E-state index in [9.17, 15) is 0 Å². The highest BCUT2D eigenvalue weighted by Crippen LogP contribution is 2.45. The number of rotatable bonds is 2. The van der Waals surface area contributed by atoms with Gasteiger partial charge >= 0.3 is 0 Å². The summed E-state index contributed by atoms with van der Waals surface area (Å²) in [6.45, 7) is 21.9. The zero-order chi connectivity index (χ0) is 16.1. The third-order valence-corrected chi connectivity index (χ3v) is 6.36. The van der Waals surface area contributed by atoms with Crippen molar-refractivity contribution in [1.29, 1.82) is 0 Å². The molecule has 0 amide bonds. The highest BCUT2D eigenvalue weighted by molar-refractivity contribution is 5.02. The molecule has 128 valence electrons. The molecule has 3 fully saturated rings. The molecule has 0 aromatic heterocycles. The average molecular weight is 308 g/mol. The minimum atomic E-state index is 0.339. The molecule has 2 aliphatic heterocycles. The standard InChI is InChI=1S/C19H37N3/c1-18(2,3)21-9-7-20(8-10-21)13-15-11-17-12-16(15)14-22(17)19(4,5)6/h15-17H,7-14H2,1-6H3. The van der Waals surface area contributed by atoms with Gasteiger partial charge in [-0.15, -0.1) is 0 Å². The average Bonchev–Trinajstić information content (AvgIpc) is 2.97. The predicted octanol–water partition coefficient (Wildman–Crippen LogP) is 2.91. The van der Waals surface area contributed by atoms with Gasteiger partial charge in [-0.3, -0.25) is 9.80 Å². The maximum absolute atomic E-state index is 2.77. The second-order valence-electron chi connectivity index (χ2n) is 9.93. The van der Waals surface area contributed by atoms with Gasteiger partial charge in [-0.2, -0.15) is 0 Å². The lowest BCUT2D eigenvalue weighted by Crippen LogP contribution is -2.55. The van der Waals surface area contributed by atoms with Crippen LogP contribution in [0.4, 0.5) is 0 Å². The second kappa shape index (κ2) is 5.75. The molecule has 2 heterocycles. The highest BCUT2D eigenvalue weighted by atomic mass is 15.3. The van der Waals surface area contributed by atoms with E-state index in [4.69, 9.17) is 0 Å². The molecule has 3 aliphatic rings. The molecule has 3 atom stereocenters. The number of nitrogens with zero attached hydrogens (tertiary/aromatic N) is 3. The Labute approximate surface area is 138 Å². The van der Waals surface area contributed by atoms with E-state index < -0.39 is 0 Å². The lowest BCUT2D eigenvalue weighted by Gasteiger charge is -2.44. The summed E-state index contributed by atoms with van der Waals surface area (Å²) in [7, 11) is 0. The molecule has 0 spiro atoms. The normalized spacial score (nSPS) is 35.5. The van der Waals surface area contributed by atoms with Crippen LogP contribution in [-0.2, 0) is 0 Å². The Morgan fingerprint density at radius 3 is 1.91 bits per heavy atom. The predicted molar refractivity (Wildman–Crippen MR) is 94.2 cm³/mol. The molecule has 0 radical (unpaired) electrons. The van der Waals surface area contributed by atoms with Crippen molar-refractivity contribution in [3.8, 4) is 0 Å². The molecule has 1 saturated carbocycles. The van der Waals surface area contributed by atoms with Crippen molar-refractivity contribution in [2.24, 2.45) is 11.8 Å². The van der Waals surface area contributed by atoms with Crippen molar-refractivity contribution in [3.63, 3.8) is 0 Å². The van der Waals surface area contributed by atoms with Crippen LogP contribution in [0.1, 0.15) is 54.4 Å². The Morgan fingerprint density at radius 1 is 0.818 bits per heavy atom. The van der Waals surface area contributed by atoms with Crippen LogP contribution >= 0.6 is 0 Å². The van der Waals surface area contributed by atoms with Gasteiger partial charge in [0.25, 0.3) is 0 Å².